The molecule has 0 aliphatic rings. The van der Waals surface area contributed by atoms with E-state index in [1.807, 2.05) is 0 Å². The molecule has 0 saturated heterocycles. The zero-order valence-corrected chi connectivity index (χ0v) is 16.6. The van der Waals surface area contributed by atoms with Gasteiger partial charge in [0, 0.05) is 25.4 Å². The first kappa shape index (κ1) is 20.2. The van der Waals surface area contributed by atoms with Crippen LogP contribution in [0.15, 0.2) is 52.3 Å². The van der Waals surface area contributed by atoms with Crippen LogP contribution in [0.4, 0.5) is 5.69 Å². The van der Waals surface area contributed by atoms with Crippen molar-refractivity contribution in [1.29, 1.82) is 0 Å². The van der Waals surface area contributed by atoms with E-state index in [2.05, 4.69) is 4.72 Å². The van der Waals surface area contributed by atoms with Crippen molar-refractivity contribution in [3.63, 3.8) is 0 Å². The Balaban J connectivity index is 2.44. The van der Waals surface area contributed by atoms with Gasteiger partial charge in [0.1, 0.15) is 0 Å². The maximum atomic E-state index is 12.6. The lowest BCUT2D eigenvalue weighted by molar-refractivity contribution is 0.0828. The first-order valence-electron chi connectivity index (χ1n) is 7.26. The van der Waals surface area contributed by atoms with Crippen molar-refractivity contribution in [2.24, 2.45) is 0 Å². The summed E-state index contributed by atoms with van der Waals surface area (Å²) in [6.45, 7) is 0. The summed E-state index contributed by atoms with van der Waals surface area (Å²) in [7, 11) is -4.41. The fourth-order valence-electron chi connectivity index (χ4n) is 2.10. The Bertz CT molecular complexity index is 1050. The molecule has 2 rings (SSSR count). The van der Waals surface area contributed by atoms with Gasteiger partial charge in [0.15, 0.2) is 9.84 Å². The SMILES string of the molecule is CN(C)C(=O)c1ccc(Cl)cc1NS(=O)(=O)c1ccc(S(C)(=O)=O)cc1. The van der Waals surface area contributed by atoms with E-state index in [1.54, 1.807) is 14.1 Å². The standard InChI is InChI=1S/C16H17ClN2O5S2/c1-19(2)16(20)14-9-4-11(17)10-15(14)18-26(23,24)13-7-5-12(6-8-13)25(3,21)22/h4-10,18H,1-3H3. The monoisotopic (exact) mass is 416 g/mol. The number of anilines is 1. The van der Waals surface area contributed by atoms with Gasteiger partial charge in [-0.2, -0.15) is 0 Å². The molecular formula is C16H17ClN2O5S2. The van der Waals surface area contributed by atoms with Crippen LogP contribution in [0.5, 0.6) is 0 Å². The van der Waals surface area contributed by atoms with Crippen molar-refractivity contribution in [2.75, 3.05) is 25.1 Å². The molecule has 2 aromatic rings. The largest absolute Gasteiger partial charge is 0.345 e. The van der Waals surface area contributed by atoms with E-state index in [4.69, 9.17) is 11.6 Å². The van der Waals surface area contributed by atoms with E-state index < -0.39 is 25.8 Å². The second-order valence-electron chi connectivity index (χ2n) is 5.74. The Kier molecular flexibility index (Phi) is 5.64. The number of nitrogens with one attached hydrogen (secondary N) is 1. The van der Waals surface area contributed by atoms with Crippen molar-refractivity contribution in [3.05, 3.63) is 53.1 Å². The van der Waals surface area contributed by atoms with Crippen LogP contribution in [0.3, 0.4) is 0 Å². The van der Waals surface area contributed by atoms with Gasteiger partial charge in [-0.1, -0.05) is 11.6 Å². The van der Waals surface area contributed by atoms with Crippen molar-refractivity contribution in [2.45, 2.75) is 9.79 Å². The highest BCUT2D eigenvalue weighted by Gasteiger charge is 2.20. The van der Waals surface area contributed by atoms with Gasteiger partial charge in [-0.25, -0.2) is 16.8 Å². The molecule has 0 atom stereocenters. The molecule has 0 aromatic heterocycles. The number of benzene rings is 2. The van der Waals surface area contributed by atoms with Gasteiger partial charge < -0.3 is 4.90 Å². The summed E-state index contributed by atoms with van der Waals surface area (Å²) in [5, 5.41) is 0.255. The summed E-state index contributed by atoms with van der Waals surface area (Å²) in [6.07, 6.45) is 1.03. The lowest BCUT2D eigenvalue weighted by atomic mass is 10.1. The van der Waals surface area contributed by atoms with Crippen LogP contribution in [0.25, 0.3) is 0 Å². The van der Waals surface area contributed by atoms with Gasteiger partial charge in [0.05, 0.1) is 21.0 Å². The predicted octanol–water partition coefficient (Wildman–Crippen LogP) is 2.25. The highest BCUT2D eigenvalue weighted by Crippen LogP contribution is 2.25. The van der Waals surface area contributed by atoms with Crippen molar-refractivity contribution >= 4 is 43.1 Å². The van der Waals surface area contributed by atoms with Gasteiger partial charge in [-0.15, -0.1) is 0 Å². The quantitative estimate of drug-likeness (QED) is 0.805. The second kappa shape index (κ2) is 7.26. The van der Waals surface area contributed by atoms with E-state index in [0.29, 0.717) is 0 Å². The molecule has 26 heavy (non-hydrogen) atoms. The number of carbonyl (C=O) groups is 1. The molecule has 0 aliphatic carbocycles. The Labute approximate surface area is 157 Å². The molecular weight excluding hydrogens is 400 g/mol. The Morgan fingerprint density at radius 2 is 1.50 bits per heavy atom. The summed E-state index contributed by atoms with van der Waals surface area (Å²) in [5.74, 6) is -0.396. The third kappa shape index (κ3) is 4.54. The first-order chi connectivity index (χ1) is 11.9. The molecule has 140 valence electrons. The molecule has 0 saturated carbocycles. The minimum Gasteiger partial charge on any atom is -0.345 e. The Morgan fingerprint density at radius 1 is 0.962 bits per heavy atom. The van der Waals surface area contributed by atoms with Gasteiger partial charge in [-0.05, 0) is 42.5 Å². The van der Waals surface area contributed by atoms with E-state index in [0.717, 1.165) is 6.26 Å². The summed E-state index contributed by atoms with van der Waals surface area (Å²) < 4.78 is 50.5. The van der Waals surface area contributed by atoms with E-state index in [1.165, 1.54) is 47.4 Å². The van der Waals surface area contributed by atoms with Crippen molar-refractivity contribution in [1.82, 2.24) is 4.90 Å². The van der Waals surface area contributed by atoms with E-state index in [9.17, 15) is 21.6 Å². The normalized spacial score (nSPS) is 11.8. The van der Waals surface area contributed by atoms with Crippen molar-refractivity contribution < 1.29 is 21.6 Å². The summed E-state index contributed by atoms with van der Waals surface area (Å²) in [5.41, 5.74) is 0.166. The van der Waals surface area contributed by atoms with Crippen LogP contribution in [0.1, 0.15) is 10.4 Å². The maximum Gasteiger partial charge on any atom is 0.261 e. The van der Waals surface area contributed by atoms with Crippen molar-refractivity contribution in [3.8, 4) is 0 Å². The third-order valence-corrected chi connectivity index (χ3v) is 6.17. The Morgan fingerprint density at radius 3 is 2.00 bits per heavy atom. The number of halogens is 1. The van der Waals surface area contributed by atoms with Gasteiger partial charge in [0.25, 0.3) is 15.9 Å². The smallest absolute Gasteiger partial charge is 0.261 e. The van der Waals surface area contributed by atoms with Crippen LogP contribution in [0, 0.1) is 0 Å². The minimum atomic E-state index is -4.05. The molecule has 10 heteroatoms. The van der Waals surface area contributed by atoms with E-state index in [-0.39, 0.29) is 26.1 Å². The highest BCUT2D eigenvalue weighted by molar-refractivity contribution is 7.92. The molecule has 0 spiro atoms. The maximum absolute atomic E-state index is 12.6. The second-order valence-corrected chi connectivity index (χ2v) is 9.87. The summed E-state index contributed by atoms with van der Waals surface area (Å²) in [4.78, 5) is 13.4. The number of amides is 1. The highest BCUT2D eigenvalue weighted by atomic mass is 35.5. The van der Waals surface area contributed by atoms with Gasteiger partial charge in [-0.3, -0.25) is 9.52 Å². The molecule has 1 N–H and O–H groups in total. The average Bonchev–Trinajstić information content (AvgIpc) is 2.53. The van der Waals surface area contributed by atoms with Crippen LogP contribution in [0.2, 0.25) is 5.02 Å². The molecule has 7 nitrogen and oxygen atoms in total. The first-order valence-corrected chi connectivity index (χ1v) is 11.0. The summed E-state index contributed by atoms with van der Waals surface area (Å²) >= 11 is 5.92. The predicted molar refractivity (Wildman–Crippen MR) is 99.8 cm³/mol. The fraction of sp³-hybridized carbons (Fsp3) is 0.188. The molecule has 0 bridgehead atoms. The molecule has 0 radical (unpaired) electrons. The number of sulfonamides is 1. The molecule has 0 aliphatic heterocycles. The van der Waals surface area contributed by atoms with Crippen LogP contribution < -0.4 is 4.72 Å². The number of hydrogen-bond acceptors (Lipinski definition) is 5. The molecule has 2 aromatic carbocycles. The molecule has 0 unspecified atom stereocenters. The lowest BCUT2D eigenvalue weighted by Crippen LogP contribution is -2.24. The lowest BCUT2D eigenvalue weighted by Gasteiger charge is -2.16. The van der Waals surface area contributed by atoms with Crippen LogP contribution in [-0.2, 0) is 19.9 Å². The van der Waals surface area contributed by atoms with E-state index >= 15 is 0 Å². The average molecular weight is 417 g/mol. The third-order valence-electron chi connectivity index (χ3n) is 3.42. The number of hydrogen-bond donors (Lipinski definition) is 1. The topological polar surface area (TPSA) is 101 Å². The van der Waals surface area contributed by atoms with Crippen LogP contribution in [-0.4, -0.2) is 48.0 Å². The molecule has 0 heterocycles. The number of nitrogens with zero attached hydrogens (tertiary/aromatic N) is 1. The van der Waals surface area contributed by atoms with Gasteiger partial charge >= 0.3 is 0 Å². The summed E-state index contributed by atoms with van der Waals surface area (Å²) in [6, 6.07) is 9.00. The zero-order chi connectivity index (χ0) is 19.7. The molecule has 1 amide bonds. The number of sulfone groups is 1. The van der Waals surface area contributed by atoms with Crippen LogP contribution >= 0.6 is 11.6 Å². The number of carbonyl (C=O) groups excluding carboxylic acids is 1. The number of rotatable bonds is 5. The fourth-order valence-corrected chi connectivity index (χ4v) is 3.97. The Hall–Kier alpha value is -2.10. The minimum absolute atomic E-state index is 0.00248. The zero-order valence-electron chi connectivity index (χ0n) is 14.2. The molecule has 0 fully saturated rings. The van der Waals surface area contributed by atoms with Gasteiger partial charge in [0.2, 0.25) is 0 Å².